The van der Waals surface area contributed by atoms with Gasteiger partial charge >= 0.3 is 11.9 Å². The number of anilines is 1. The van der Waals surface area contributed by atoms with Gasteiger partial charge in [-0.1, -0.05) is 61.0 Å². The van der Waals surface area contributed by atoms with Gasteiger partial charge in [-0.2, -0.15) is 0 Å². The molecule has 14 atom stereocenters. The number of benzene rings is 1. The standard InChI is InChI=1S/C79H115N11O21S3/c1-16-43(4)52(36-64(96)79(11,12)87(13)14)75(104)88(15)55(42(2)3)37-61(110-49(10)91)74-86-54(40-112-74)73(103)84-51(31-44(5)71(101)81-26-25-80)34-50-21-22-60-53(35-50)85-72(102)45(6)32-58(94)47(8)82-65(97)23-29-108-27-17-19-56(92)69-70(90-68(100)39-63(77(90)106)114-41-113-62-38-67(99)89(69)76(62)105)57(93)20-18-28-109-30-24-66(98)83-48(9)59(95)33-46(7)78(107)111-60/h21-22,35,40,42-48,51-52,55,61-63,69-70H,16-20,23-34,36-39,41,80H2,1-15H3,(H,81,101)(H,82,97)(H,83,98)(H,84,103)(H,85,102)/t43-,44?,45?,46?,47?,48?,51+,52-,55+,61+,62?,63?,69?,70?/m0/s1. The third-order valence-corrected chi connectivity index (χ3v) is 25.0. The number of carbonyl (C=O) groups is 17. The summed E-state index contributed by atoms with van der Waals surface area (Å²) in [5.74, 6) is -14.8. The molecule has 3 saturated heterocycles. The largest absolute Gasteiger partial charge is 0.455 e. The number of amides is 10. The minimum atomic E-state index is -1.86. The summed E-state index contributed by atoms with van der Waals surface area (Å²) in [5, 5.41) is 13.8. The van der Waals surface area contributed by atoms with Crippen molar-refractivity contribution in [1.82, 2.24) is 45.9 Å². The summed E-state index contributed by atoms with van der Waals surface area (Å²) >= 11 is 3.25. The van der Waals surface area contributed by atoms with Crippen LogP contribution < -0.4 is 37.1 Å². The summed E-state index contributed by atoms with van der Waals surface area (Å²) in [6.07, 6.45) is -3.13. The number of hydrogen-bond donors (Lipinski definition) is 6. The zero-order valence-electron chi connectivity index (χ0n) is 68.1. The number of nitrogens with two attached hydrogens (primary N) is 1. The molecule has 4 aliphatic heterocycles. The van der Waals surface area contributed by atoms with Gasteiger partial charge in [-0.15, -0.1) is 34.9 Å². The lowest BCUT2D eigenvalue weighted by Gasteiger charge is -2.38. The molecular weight excluding hydrogens is 1540 g/mol. The van der Waals surface area contributed by atoms with Crippen LogP contribution in [0.4, 0.5) is 5.69 Å². The van der Waals surface area contributed by atoms with Crippen LogP contribution in [0.25, 0.3) is 0 Å². The first-order valence-corrected chi connectivity index (χ1v) is 42.0. The molecule has 4 aliphatic rings. The van der Waals surface area contributed by atoms with Crippen molar-refractivity contribution in [2.75, 3.05) is 71.1 Å². The molecule has 1 aromatic heterocycles. The van der Waals surface area contributed by atoms with Crippen LogP contribution in [0.2, 0.25) is 0 Å². The maximum atomic E-state index is 14.6. The second-order valence-electron chi connectivity index (χ2n) is 31.1. The number of esters is 2. The fourth-order valence-electron chi connectivity index (χ4n) is 13.6. The highest BCUT2D eigenvalue weighted by Crippen LogP contribution is 2.40. The van der Waals surface area contributed by atoms with E-state index >= 15 is 0 Å². The van der Waals surface area contributed by atoms with E-state index in [2.05, 4.69) is 31.6 Å². The van der Waals surface area contributed by atoms with Gasteiger partial charge in [0.15, 0.2) is 40.8 Å². The smallest absolute Gasteiger partial charge is 0.314 e. The summed E-state index contributed by atoms with van der Waals surface area (Å²) in [5.41, 5.74) is 5.16. The van der Waals surface area contributed by atoms with E-state index in [1.807, 2.05) is 60.5 Å². The highest BCUT2D eigenvalue weighted by molar-refractivity contribution is 8.17. The first-order valence-electron chi connectivity index (χ1n) is 39.0. The van der Waals surface area contributed by atoms with Gasteiger partial charge in [0.25, 0.3) is 5.91 Å². The Morgan fingerprint density at radius 1 is 0.728 bits per heavy atom. The molecule has 3 fully saturated rings. The number of rotatable bonds is 22. The van der Waals surface area contributed by atoms with Crippen LogP contribution in [-0.2, 0) is 97.3 Å². The van der Waals surface area contributed by atoms with E-state index < -0.39 is 177 Å². The molecule has 4 bridgehead atoms. The number of imide groups is 2. The molecule has 630 valence electrons. The molecular formula is C79H115N11O21S3. The van der Waals surface area contributed by atoms with Crippen LogP contribution in [0, 0.1) is 35.5 Å². The number of thioether (sulfide) groups is 2. The molecule has 9 unspecified atom stereocenters. The third kappa shape index (κ3) is 26.4. The SMILES string of the molecule is CC[C@H](C)[C@H](CC(=O)C(C)(C)N(C)C)C(=O)N(C)[C@H](C[C@@H](OC(C)=O)c1nc(C(=O)N[C@@H](Cc2ccc3c(c2)NC(=O)C(C)CC(=O)C(C)NC(=O)CCOCCCC(=O)C2C(C(=O)CCCOCCC(=O)NC(C)C(=O)CC(C)C(=O)O3)N3C(=O)CC(SCSC4CC(=O)N2C4=O)C3=O)CC(C)C(=O)NCCN)cs1)C(C)C. The molecule has 7 N–H and O–H groups in total. The molecule has 35 heteroatoms. The molecule has 2 aromatic rings. The van der Waals surface area contributed by atoms with E-state index in [9.17, 15) is 81.5 Å². The number of Topliss-reactive ketones (excluding diaryl/α,β-unsaturated/α-hetero) is 5. The molecule has 32 nitrogen and oxygen atoms in total. The number of hydrogen-bond acceptors (Lipinski definition) is 27. The fourth-order valence-corrected chi connectivity index (χ4v) is 17.1. The van der Waals surface area contributed by atoms with Crippen LogP contribution >= 0.6 is 34.9 Å². The van der Waals surface area contributed by atoms with E-state index in [1.54, 1.807) is 24.9 Å². The van der Waals surface area contributed by atoms with Crippen molar-refractivity contribution in [2.45, 2.75) is 238 Å². The Kier molecular flexibility index (Phi) is 36.7. The van der Waals surface area contributed by atoms with Crippen LogP contribution in [0.3, 0.4) is 0 Å². The first kappa shape index (κ1) is 94.6. The number of aromatic nitrogens is 1. The lowest BCUT2D eigenvalue weighted by molar-refractivity contribution is -0.157. The molecule has 5 heterocycles. The third-order valence-electron chi connectivity index (χ3n) is 21.4. The Hall–Kier alpha value is -8.22. The first-order chi connectivity index (χ1) is 53.7. The Balaban J connectivity index is 1.24. The second kappa shape index (κ2) is 44.2. The van der Waals surface area contributed by atoms with Gasteiger partial charge in [-0.05, 0) is 97.0 Å². The summed E-state index contributed by atoms with van der Waals surface area (Å²) in [6, 6.07) is -2.98. The van der Waals surface area contributed by atoms with Crippen molar-refractivity contribution in [3.8, 4) is 5.75 Å². The number of ketones is 5. The Labute approximate surface area is 678 Å². The molecule has 0 aliphatic carbocycles. The minimum absolute atomic E-state index is 0.0110. The van der Waals surface area contributed by atoms with Crippen molar-refractivity contribution < 1.29 is 100 Å². The number of nitrogens with one attached hydrogen (secondary N) is 5. The number of likely N-dealkylation sites (N-methyl/N-ethyl adjacent to an activating group) is 1. The maximum absolute atomic E-state index is 14.6. The quantitative estimate of drug-likeness (QED) is 0.0511. The second-order valence-corrected chi connectivity index (χ2v) is 34.7. The average Bonchev–Trinajstić information content (AvgIpc) is 1.59. The van der Waals surface area contributed by atoms with Gasteiger partial charge in [0.05, 0.1) is 52.9 Å². The summed E-state index contributed by atoms with van der Waals surface area (Å²) in [4.78, 5) is 246. The van der Waals surface area contributed by atoms with Crippen LogP contribution in [0.15, 0.2) is 23.6 Å². The van der Waals surface area contributed by atoms with Crippen LogP contribution in [0.1, 0.15) is 200 Å². The van der Waals surface area contributed by atoms with Gasteiger partial charge < -0.3 is 56.2 Å². The Bertz CT molecular complexity index is 3870. The van der Waals surface area contributed by atoms with Gasteiger partial charge in [0.1, 0.15) is 22.8 Å². The molecule has 114 heavy (non-hydrogen) atoms. The predicted molar refractivity (Wildman–Crippen MR) is 425 cm³/mol. The zero-order chi connectivity index (χ0) is 84.7. The van der Waals surface area contributed by atoms with Gasteiger partial charge in [0.2, 0.25) is 53.2 Å². The normalized spacial score (nSPS) is 24.1. The van der Waals surface area contributed by atoms with E-state index in [4.69, 9.17) is 24.7 Å². The number of thiazole rings is 1. The van der Waals surface area contributed by atoms with E-state index in [0.29, 0.717) is 21.8 Å². The van der Waals surface area contributed by atoms with E-state index in [0.717, 1.165) is 34.9 Å². The van der Waals surface area contributed by atoms with Crippen molar-refractivity contribution >= 4 is 140 Å². The minimum Gasteiger partial charge on any atom is -0.455 e. The topological polar surface area (TPSA) is 439 Å². The lowest BCUT2D eigenvalue weighted by Crippen LogP contribution is -2.62. The van der Waals surface area contributed by atoms with Crippen LogP contribution in [-0.4, -0.2) is 243 Å². The Morgan fingerprint density at radius 2 is 1.27 bits per heavy atom. The molecule has 6 rings (SSSR count). The number of nitrogens with zero attached hydrogens (tertiary/aromatic N) is 5. The maximum Gasteiger partial charge on any atom is 0.314 e. The van der Waals surface area contributed by atoms with Crippen molar-refractivity contribution in [2.24, 2.45) is 41.2 Å². The van der Waals surface area contributed by atoms with Crippen molar-refractivity contribution in [1.29, 1.82) is 0 Å². The fraction of sp³-hybridized carbons (Fsp3) is 0.671. The number of carbonyl (C=O) groups excluding carboxylic acids is 17. The van der Waals surface area contributed by atoms with Gasteiger partial charge in [-0.25, -0.2) is 4.98 Å². The highest BCUT2D eigenvalue weighted by Gasteiger charge is 2.56. The molecule has 1 aromatic carbocycles. The van der Waals surface area contributed by atoms with Crippen molar-refractivity contribution in [3.63, 3.8) is 0 Å². The van der Waals surface area contributed by atoms with Crippen LogP contribution in [0.5, 0.6) is 5.75 Å². The summed E-state index contributed by atoms with van der Waals surface area (Å²) in [7, 11) is 5.29. The van der Waals surface area contributed by atoms with E-state index in [-0.39, 0.29) is 173 Å². The molecule has 10 amide bonds. The highest BCUT2D eigenvalue weighted by atomic mass is 32.2. The lowest BCUT2D eigenvalue weighted by atomic mass is 9.81. The summed E-state index contributed by atoms with van der Waals surface area (Å²) in [6.45, 7) is 19.6. The Morgan fingerprint density at radius 3 is 1.78 bits per heavy atom. The average molecular weight is 1650 g/mol. The number of fused-ring (bicyclic) bond motifs is 8. The summed E-state index contributed by atoms with van der Waals surface area (Å²) < 4.78 is 23.2. The molecule has 0 radical (unpaired) electrons. The molecule has 0 spiro atoms. The molecule has 0 saturated carbocycles. The van der Waals surface area contributed by atoms with E-state index in [1.165, 1.54) is 52.1 Å². The van der Waals surface area contributed by atoms with Gasteiger partial charge in [0, 0.05) is 145 Å². The van der Waals surface area contributed by atoms with Gasteiger partial charge in [-0.3, -0.25) is 96.2 Å². The van der Waals surface area contributed by atoms with Crippen molar-refractivity contribution in [3.05, 3.63) is 39.8 Å². The monoisotopic (exact) mass is 1650 g/mol. The number of ether oxygens (including phenoxy) is 4. The zero-order valence-corrected chi connectivity index (χ0v) is 70.6. The predicted octanol–water partition coefficient (Wildman–Crippen LogP) is 5.02.